The van der Waals surface area contributed by atoms with Gasteiger partial charge in [-0.1, -0.05) is 5.16 Å². The molecule has 1 aromatic carbocycles. The third-order valence-corrected chi connectivity index (χ3v) is 2.60. The summed E-state index contributed by atoms with van der Waals surface area (Å²) in [7, 11) is 0. The molecule has 0 amide bonds. The second kappa shape index (κ2) is 6.00. The predicted octanol–water partition coefficient (Wildman–Crippen LogP) is 2.17. The molecule has 0 aliphatic rings. The van der Waals surface area contributed by atoms with Gasteiger partial charge in [0.1, 0.15) is 11.8 Å². The average Bonchev–Trinajstić information content (AvgIpc) is 2.82. The lowest BCUT2D eigenvalue weighted by Crippen LogP contribution is -2.23. The van der Waals surface area contributed by atoms with Crippen LogP contribution in [0.5, 0.6) is 5.88 Å². The Morgan fingerprint density at radius 2 is 2.10 bits per heavy atom. The van der Waals surface area contributed by atoms with E-state index in [0.29, 0.717) is 18.1 Å². The maximum absolute atomic E-state index is 10.5. The second-order valence-corrected chi connectivity index (χ2v) is 4.27. The largest absolute Gasteiger partial charge is 0.469 e. The van der Waals surface area contributed by atoms with Crippen molar-refractivity contribution in [1.82, 2.24) is 10.3 Å². The van der Waals surface area contributed by atoms with Gasteiger partial charge in [0.15, 0.2) is 0 Å². The first-order valence-electron chi connectivity index (χ1n) is 6.00. The number of benzene rings is 1. The van der Waals surface area contributed by atoms with Crippen molar-refractivity contribution >= 4 is 11.4 Å². The van der Waals surface area contributed by atoms with Crippen molar-refractivity contribution in [2.45, 2.75) is 20.0 Å². The second-order valence-electron chi connectivity index (χ2n) is 4.27. The molecule has 8 heteroatoms. The summed E-state index contributed by atoms with van der Waals surface area (Å²) in [5, 5.41) is 20.9. The molecule has 1 atom stereocenters. The van der Waals surface area contributed by atoms with E-state index in [1.165, 1.54) is 12.1 Å². The number of nitrogens with zero attached hydrogens (tertiary/aromatic N) is 3. The number of aryl methyl sites for hydroxylation is 1. The third kappa shape index (κ3) is 3.44. The average molecular weight is 278 g/mol. The SMILES string of the molecule is Cc1nonc1O[C@H](C)CNc1ccc([N+](=O)[O-])cc1. The van der Waals surface area contributed by atoms with E-state index >= 15 is 0 Å². The van der Waals surface area contributed by atoms with Gasteiger partial charge in [-0.2, -0.15) is 0 Å². The normalized spacial score (nSPS) is 11.9. The zero-order chi connectivity index (χ0) is 14.5. The maximum atomic E-state index is 10.5. The van der Waals surface area contributed by atoms with Gasteiger partial charge in [0.2, 0.25) is 0 Å². The summed E-state index contributed by atoms with van der Waals surface area (Å²) in [4.78, 5) is 10.1. The molecule has 0 aliphatic heterocycles. The van der Waals surface area contributed by atoms with Crippen LogP contribution in [-0.2, 0) is 0 Å². The molecule has 0 aliphatic carbocycles. The van der Waals surface area contributed by atoms with Crippen molar-refractivity contribution in [1.29, 1.82) is 0 Å². The van der Waals surface area contributed by atoms with Gasteiger partial charge in [-0.05, 0) is 31.1 Å². The number of anilines is 1. The van der Waals surface area contributed by atoms with Crippen LogP contribution in [0, 0.1) is 17.0 Å². The van der Waals surface area contributed by atoms with Crippen LogP contribution in [0.25, 0.3) is 0 Å². The van der Waals surface area contributed by atoms with Crippen molar-refractivity contribution in [2.75, 3.05) is 11.9 Å². The number of non-ortho nitro benzene ring substituents is 1. The first-order chi connectivity index (χ1) is 9.56. The van der Waals surface area contributed by atoms with Gasteiger partial charge >= 0.3 is 0 Å². The Bertz CT molecular complexity index is 581. The summed E-state index contributed by atoms with van der Waals surface area (Å²) >= 11 is 0. The van der Waals surface area contributed by atoms with E-state index < -0.39 is 4.92 Å². The smallest absolute Gasteiger partial charge is 0.279 e. The molecule has 1 N–H and O–H groups in total. The monoisotopic (exact) mass is 278 g/mol. The van der Waals surface area contributed by atoms with Crippen LogP contribution in [0.3, 0.4) is 0 Å². The fourth-order valence-electron chi connectivity index (χ4n) is 1.53. The minimum absolute atomic E-state index is 0.0594. The molecular formula is C12H14N4O4. The molecule has 106 valence electrons. The summed E-state index contributed by atoms with van der Waals surface area (Å²) in [6, 6.07) is 6.18. The van der Waals surface area contributed by atoms with Crippen molar-refractivity contribution in [3.8, 4) is 5.88 Å². The number of hydrogen-bond acceptors (Lipinski definition) is 7. The fourth-order valence-corrected chi connectivity index (χ4v) is 1.53. The molecule has 0 radical (unpaired) electrons. The maximum Gasteiger partial charge on any atom is 0.279 e. The van der Waals surface area contributed by atoms with Gasteiger partial charge in [0, 0.05) is 17.8 Å². The molecule has 1 heterocycles. The third-order valence-electron chi connectivity index (χ3n) is 2.60. The van der Waals surface area contributed by atoms with E-state index in [9.17, 15) is 10.1 Å². The number of nitro benzene ring substituents is 1. The Labute approximate surface area is 114 Å². The highest BCUT2D eigenvalue weighted by molar-refractivity contribution is 5.48. The van der Waals surface area contributed by atoms with Crippen LogP contribution in [0.2, 0.25) is 0 Å². The Balaban J connectivity index is 1.85. The lowest BCUT2D eigenvalue weighted by molar-refractivity contribution is -0.384. The number of rotatable bonds is 6. The molecule has 2 rings (SSSR count). The van der Waals surface area contributed by atoms with E-state index in [0.717, 1.165) is 5.69 Å². The topological polar surface area (TPSA) is 103 Å². The Kier molecular flexibility index (Phi) is 4.14. The van der Waals surface area contributed by atoms with Gasteiger partial charge < -0.3 is 10.1 Å². The quantitative estimate of drug-likeness (QED) is 0.637. The minimum atomic E-state index is -0.435. The highest BCUT2D eigenvalue weighted by atomic mass is 16.6. The molecule has 8 nitrogen and oxygen atoms in total. The molecule has 0 saturated heterocycles. The van der Waals surface area contributed by atoms with Crippen molar-refractivity contribution in [3.63, 3.8) is 0 Å². The molecular weight excluding hydrogens is 264 g/mol. The van der Waals surface area contributed by atoms with Gasteiger partial charge in [0.25, 0.3) is 11.6 Å². The van der Waals surface area contributed by atoms with Crippen LogP contribution in [0.1, 0.15) is 12.6 Å². The van der Waals surface area contributed by atoms with E-state index in [4.69, 9.17) is 4.74 Å². The molecule has 0 unspecified atom stereocenters. The van der Waals surface area contributed by atoms with Crippen LogP contribution in [0.4, 0.5) is 11.4 Å². The lowest BCUT2D eigenvalue weighted by Gasteiger charge is -2.14. The summed E-state index contributed by atoms with van der Waals surface area (Å²) in [5.41, 5.74) is 1.43. The number of ether oxygens (including phenoxy) is 1. The molecule has 2 aromatic rings. The van der Waals surface area contributed by atoms with Crippen molar-refractivity contribution < 1.29 is 14.3 Å². The van der Waals surface area contributed by atoms with Crippen molar-refractivity contribution in [3.05, 3.63) is 40.1 Å². The van der Waals surface area contributed by atoms with Crippen LogP contribution in [-0.4, -0.2) is 27.9 Å². The van der Waals surface area contributed by atoms with Crippen LogP contribution in [0.15, 0.2) is 28.9 Å². The van der Waals surface area contributed by atoms with E-state index in [1.54, 1.807) is 19.1 Å². The molecule has 0 bridgehead atoms. The Morgan fingerprint density at radius 1 is 1.40 bits per heavy atom. The first kappa shape index (κ1) is 13.8. The molecule has 0 fully saturated rings. The standard InChI is InChI=1S/C12H14N4O4/c1-8(19-12-9(2)14-20-15-12)7-13-10-3-5-11(6-4-10)16(17)18/h3-6,8,13H,7H2,1-2H3/t8-/m1/s1. The van der Waals surface area contributed by atoms with E-state index in [-0.39, 0.29) is 11.8 Å². The highest BCUT2D eigenvalue weighted by Gasteiger charge is 2.11. The first-order valence-corrected chi connectivity index (χ1v) is 6.00. The summed E-state index contributed by atoms with van der Waals surface area (Å²) in [6.45, 7) is 4.12. The molecule has 1 aromatic heterocycles. The fraction of sp³-hybridized carbons (Fsp3) is 0.333. The lowest BCUT2D eigenvalue weighted by atomic mass is 10.2. The highest BCUT2D eigenvalue weighted by Crippen LogP contribution is 2.16. The van der Waals surface area contributed by atoms with Gasteiger partial charge in [-0.15, -0.1) is 0 Å². The number of hydrogen-bond donors (Lipinski definition) is 1. The van der Waals surface area contributed by atoms with E-state index in [1.807, 2.05) is 6.92 Å². The summed E-state index contributed by atoms with van der Waals surface area (Å²) < 4.78 is 10.1. The minimum Gasteiger partial charge on any atom is -0.469 e. The molecule has 0 saturated carbocycles. The number of nitrogens with one attached hydrogen (secondary N) is 1. The summed E-state index contributed by atoms with van der Waals surface area (Å²) in [6.07, 6.45) is -0.157. The van der Waals surface area contributed by atoms with Gasteiger partial charge in [-0.25, -0.2) is 4.63 Å². The summed E-state index contributed by atoms with van der Waals surface area (Å²) in [5.74, 6) is 0.364. The Morgan fingerprint density at radius 3 is 2.65 bits per heavy atom. The zero-order valence-electron chi connectivity index (χ0n) is 11.1. The predicted molar refractivity (Wildman–Crippen MR) is 70.7 cm³/mol. The molecule has 20 heavy (non-hydrogen) atoms. The Hall–Kier alpha value is -2.64. The zero-order valence-corrected chi connectivity index (χ0v) is 11.1. The van der Waals surface area contributed by atoms with Crippen LogP contribution < -0.4 is 10.1 Å². The van der Waals surface area contributed by atoms with Crippen LogP contribution >= 0.6 is 0 Å². The molecule has 0 spiro atoms. The van der Waals surface area contributed by atoms with Gasteiger partial charge in [-0.3, -0.25) is 10.1 Å². The number of aromatic nitrogens is 2. The van der Waals surface area contributed by atoms with Crippen molar-refractivity contribution in [2.24, 2.45) is 0 Å². The van der Waals surface area contributed by atoms with E-state index in [2.05, 4.69) is 20.3 Å². The van der Waals surface area contributed by atoms with Gasteiger partial charge in [0.05, 0.1) is 11.5 Å². The number of nitro groups is 1.